The van der Waals surface area contributed by atoms with Gasteiger partial charge in [-0.3, -0.25) is 25.8 Å². The second kappa shape index (κ2) is 5.11. The predicted octanol–water partition coefficient (Wildman–Crippen LogP) is 2.47. The van der Waals surface area contributed by atoms with E-state index in [-0.39, 0.29) is 17.5 Å². The monoisotopic (exact) mass is 275 g/mol. The van der Waals surface area contributed by atoms with Crippen LogP contribution in [0, 0.1) is 27.9 Å². The molecule has 1 amide bonds. The number of hydrogen-bond donors (Lipinski definition) is 2. The Morgan fingerprint density at radius 3 is 2.30 bits per heavy atom. The van der Waals surface area contributed by atoms with Crippen LogP contribution in [0.25, 0.3) is 0 Å². The molecule has 0 spiro atoms. The number of nitrogens with zero attached hydrogens (tertiary/aromatic N) is 1. The summed E-state index contributed by atoms with van der Waals surface area (Å²) in [4.78, 5) is 22.1. The molecule has 1 aromatic carbocycles. The van der Waals surface area contributed by atoms with Crippen LogP contribution in [0.3, 0.4) is 0 Å². The van der Waals surface area contributed by atoms with Crippen LogP contribution in [-0.4, -0.2) is 10.8 Å². The normalized spacial score (nSPS) is 27.3. The van der Waals surface area contributed by atoms with Crippen LogP contribution >= 0.6 is 0 Å². The highest BCUT2D eigenvalue weighted by molar-refractivity contribution is 5.83. The molecule has 3 rings (SSSR count). The largest absolute Gasteiger partial charge is 0.299 e. The molecule has 2 fully saturated rings. The molecule has 2 N–H and O–H groups in total. The number of anilines is 1. The van der Waals surface area contributed by atoms with Crippen LogP contribution in [0.1, 0.15) is 25.7 Å². The van der Waals surface area contributed by atoms with Gasteiger partial charge in [0.05, 0.1) is 10.6 Å². The third-order valence-electron chi connectivity index (χ3n) is 4.37. The highest BCUT2D eigenvalue weighted by atomic mass is 16.6. The van der Waals surface area contributed by atoms with Gasteiger partial charge in [0.1, 0.15) is 0 Å². The van der Waals surface area contributed by atoms with Crippen molar-refractivity contribution in [3.8, 4) is 0 Å². The number of rotatable bonds is 4. The van der Waals surface area contributed by atoms with E-state index < -0.39 is 4.92 Å². The number of hydrogen-bond acceptors (Lipinski definition) is 4. The zero-order valence-corrected chi connectivity index (χ0v) is 11.0. The van der Waals surface area contributed by atoms with Crippen molar-refractivity contribution in [1.29, 1.82) is 0 Å². The van der Waals surface area contributed by atoms with Gasteiger partial charge in [-0.25, -0.2) is 0 Å². The number of fused-ring (bicyclic) bond motifs is 1. The van der Waals surface area contributed by atoms with Gasteiger partial charge in [-0.15, -0.1) is 0 Å². The number of benzene rings is 1. The van der Waals surface area contributed by atoms with Gasteiger partial charge in [0.15, 0.2) is 0 Å². The fourth-order valence-corrected chi connectivity index (χ4v) is 3.26. The van der Waals surface area contributed by atoms with Gasteiger partial charge >= 0.3 is 0 Å². The summed E-state index contributed by atoms with van der Waals surface area (Å²) in [5.41, 5.74) is 6.21. The summed E-state index contributed by atoms with van der Waals surface area (Å²) >= 11 is 0. The first-order valence-corrected chi connectivity index (χ1v) is 6.97. The van der Waals surface area contributed by atoms with E-state index in [1.54, 1.807) is 12.1 Å². The van der Waals surface area contributed by atoms with Gasteiger partial charge < -0.3 is 0 Å². The van der Waals surface area contributed by atoms with Gasteiger partial charge in [-0.05, 0) is 36.8 Å². The number of nitro groups is 1. The van der Waals surface area contributed by atoms with Crippen molar-refractivity contribution < 1.29 is 9.72 Å². The molecular weight excluding hydrogens is 258 g/mol. The molecule has 0 radical (unpaired) electrons. The Kier molecular flexibility index (Phi) is 3.30. The lowest BCUT2D eigenvalue weighted by atomic mass is 10.0. The standard InChI is InChI=1S/C14H17N3O3/c18-14(13-11-3-1-2-4-12(11)13)16-15-9-5-7-10(8-6-9)17(19)20/h5-8,11-13,15H,1-4H2,(H,16,18)/t11-,12-/m0/s1. The van der Waals surface area contributed by atoms with Gasteiger partial charge in [-0.2, -0.15) is 0 Å². The Bertz CT molecular complexity index is 517. The van der Waals surface area contributed by atoms with Crippen molar-refractivity contribution in [3.63, 3.8) is 0 Å². The molecule has 0 unspecified atom stereocenters. The lowest BCUT2D eigenvalue weighted by Gasteiger charge is -2.08. The average molecular weight is 275 g/mol. The average Bonchev–Trinajstić information content (AvgIpc) is 3.19. The Labute approximate surface area is 116 Å². The van der Waals surface area contributed by atoms with Crippen molar-refractivity contribution in [2.24, 2.45) is 17.8 Å². The van der Waals surface area contributed by atoms with Gasteiger partial charge in [0.2, 0.25) is 5.91 Å². The minimum Gasteiger partial charge on any atom is -0.299 e. The lowest BCUT2D eigenvalue weighted by molar-refractivity contribution is -0.384. The van der Waals surface area contributed by atoms with Gasteiger partial charge in [0, 0.05) is 18.1 Å². The molecule has 0 saturated heterocycles. The Morgan fingerprint density at radius 2 is 1.75 bits per heavy atom. The summed E-state index contributed by atoms with van der Waals surface area (Å²) in [5, 5.41) is 10.5. The molecule has 6 heteroatoms. The van der Waals surface area contributed by atoms with Crippen molar-refractivity contribution >= 4 is 17.3 Å². The topological polar surface area (TPSA) is 84.3 Å². The van der Waals surface area contributed by atoms with E-state index in [2.05, 4.69) is 10.9 Å². The predicted molar refractivity (Wildman–Crippen MR) is 73.8 cm³/mol. The number of carbonyl (C=O) groups excluding carboxylic acids is 1. The fourth-order valence-electron chi connectivity index (χ4n) is 3.26. The van der Waals surface area contributed by atoms with Crippen LogP contribution in [-0.2, 0) is 4.79 Å². The summed E-state index contributed by atoms with van der Waals surface area (Å²) in [6, 6.07) is 5.98. The maximum Gasteiger partial charge on any atom is 0.269 e. The molecule has 2 aliphatic rings. The summed E-state index contributed by atoms with van der Waals surface area (Å²) in [6.07, 6.45) is 4.81. The summed E-state index contributed by atoms with van der Waals surface area (Å²) in [6.45, 7) is 0. The first kappa shape index (κ1) is 12.9. The number of nitro benzene ring substituents is 1. The van der Waals surface area contributed by atoms with E-state index in [0.29, 0.717) is 17.5 Å². The van der Waals surface area contributed by atoms with Crippen LogP contribution in [0.5, 0.6) is 0 Å². The highest BCUT2D eigenvalue weighted by Crippen LogP contribution is 2.55. The molecule has 106 valence electrons. The van der Waals surface area contributed by atoms with Crippen LogP contribution < -0.4 is 10.9 Å². The van der Waals surface area contributed by atoms with Crippen molar-refractivity contribution in [2.45, 2.75) is 25.7 Å². The maximum atomic E-state index is 12.0. The molecule has 2 saturated carbocycles. The molecule has 0 aromatic heterocycles. The quantitative estimate of drug-likeness (QED) is 0.653. The first-order valence-electron chi connectivity index (χ1n) is 6.97. The van der Waals surface area contributed by atoms with Crippen molar-refractivity contribution in [1.82, 2.24) is 5.43 Å². The zero-order valence-electron chi connectivity index (χ0n) is 11.0. The maximum absolute atomic E-state index is 12.0. The zero-order chi connectivity index (χ0) is 14.1. The Balaban J connectivity index is 1.52. The Hall–Kier alpha value is -2.11. The number of hydrazine groups is 1. The Morgan fingerprint density at radius 1 is 1.15 bits per heavy atom. The van der Waals surface area contributed by atoms with E-state index in [0.717, 1.165) is 0 Å². The molecule has 0 aliphatic heterocycles. The van der Waals surface area contributed by atoms with E-state index in [1.807, 2.05) is 0 Å². The molecule has 2 aliphatic carbocycles. The molecule has 2 atom stereocenters. The van der Waals surface area contributed by atoms with E-state index >= 15 is 0 Å². The second-order valence-electron chi connectivity index (χ2n) is 5.56. The molecule has 1 aromatic rings. The highest BCUT2D eigenvalue weighted by Gasteiger charge is 2.54. The van der Waals surface area contributed by atoms with E-state index in [1.165, 1.54) is 37.8 Å². The van der Waals surface area contributed by atoms with Crippen LogP contribution in [0.2, 0.25) is 0 Å². The first-order chi connectivity index (χ1) is 9.66. The minimum absolute atomic E-state index is 0.0371. The summed E-state index contributed by atoms with van der Waals surface area (Å²) in [7, 11) is 0. The molecule has 0 heterocycles. The third-order valence-corrected chi connectivity index (χ3v) is 4.37. The SMILES string of the molecule is O=C(NNc1ccc([N+](=O)[O-])cc1)C1[C@H]2CCCC[C@H]12. The van der Waals surface area contributed by atoms with Crippen molar-refractivity contribution in [3.05, 3.63) is 34.4 Å². The molecular formula is C14H17N3O3. The van der Waals surface area contributed by atoms with Gasteiger partial charge in [-0.1, -0.05) is 12.8 Å². The second-order valence-corrected chi connectivity index (χ2v) is 5.56. The minimum atomic E-state index is -0.447. The number of non-ortho nitro benzene ring substituents is 1. The van der Waals surface area contributed by atoms with E-state index in [4.69, 9.17) is 0 Å². The fraction of sp³-hybridized carbons (Fsp3) is 0.500. The summed E-state index contributed by atoms with van der Waals surface area (Å²) < 4.78 is 0. The smallest absolute Gasteiger partial charge is 0.269 e. The number of carbonyl (C=O) groups is 1. The number of nitrogens with one attached hydrogen (secondary N) is 2. The van der Waals surface area contributed by atoms with Crippen molar-refractivity contribution in [2.75, 3.05) is 5.43 Å². The third kappa shape index (κ3) is 2.45. The molecule has 20 heavy (non-hydrogen) atoms. The van der Waals surface area contributed by atoms with Crippen LogP contribution in [0.4, 0.5) is 11.4 Å². The summed E-state index contributed by atoms with van der Waals surface area (Å²) in [5.74, 6) is 1.34. The number of amides is 1. The molecule has 6 nitrogen and oxygen atoms in total. The van der Waals surface area contributed by atoms with Crippen LogP contribution in [0.15, 0.2) is 24.3 Å². The van der Waals surface area contributed by atoms with E-state index in [9.17, 15) is 14.9 Å². The lowest BCUT2D eigenvalue weighted by Crippen LogP contribution is -2.31. The molecule has 0 bridgehead atoms. The van der Waals surface area contributed by atoms with Gasteiger partial charge in [0.25, 0.3) is 5.69 Å².